The molecule has 3 rings (SSSR count). The lowest BCUT2D eigenvalue weighted by Crippen LogP contribution is -2.10. The Labute approximate surface area is 125 Å². The van der Waals surface area contributed by atoms with Gasteiger partial charge in [0.05, 0.1) is 21.4 Å². The fraction of sp³-hybridized carbons (Fsp3) is 0.500. The van der Waals surface area contributed by atoms with Crippen molar-refractivity contribution in [3.8, 4) is 11.5 Å². The molecule has 0 aliphatic carbocycles. The molecule has 0 radical (unpaired) electrons. The lowest BCUT2D eigenvalue weighted by molar-refractivity contribution is 0.173. The van der Waals surface area contributed by atoms with Crippen LogP contribution >= 0.6 is 27.5 Å². The zero-order chi connectivity index (χ0) is 13.6. The van der Waals surface area contributed by atoms with Crippen molar-refractivity contribution in [3.05, 3.63) is 22.2 Å². The number of benzene rings is 1. The van der Waals surface area contributed by atoms with Crippen molar-refractivity contribution in [1.82, 2.24) is 0 Å². The van der Waals surface area contributed by atoms with E-state index in [1.54, 1.807) is 0 Å². The van der Waals surface area contributed by atoms with E-state index in [4.69, 9.17) is 21.1 Å². The SMILES string of the molecule is O=S1(=O)CCC(C(Cl)c2cc(Br)c3c(c2)OCO3)C1. The molecule has 19 heavy (non-hydrogen) atoms. The maximum atomic E-state index is 11.5. The zero-order valence-corrected chi connectivity index (χ0v) is 13.1. The van der Waals surface area contributed by atoms with Crippen molar-refractivity contribution >= 4 is 37.4 Å². The summed E-state index contributed by atoms with van der Waals surface area (Å²) in [6, 6.07) is 3.70. The number of hydrogen-bond acceptors (Lipinski definition) is 4. The summed E-state index contributed by atoms with van der Waals surface area (Å²) in [6.07, 6.45) is 0.614. The van der Waals surface area contributed by atoms with Gasteiger partial charge in [0.2, 0.25) is 6.79 Å². The van der Waals surface area contributed by atoms with E-state index in [0.29, 0.717) is 17.9 Å². The maximum absolute atomic E-state index is 11.5. The summed E-state index contributed by atoms with van der Waals surface area (Å²) in [5.74, 6) is 1.67. The highest BCUT2D eigenvalue weighted by atomic mass is 79.9. The summed E-state index contributed by atoms with van der Waals surface area (Å²) in [5.41, 5.74) is 0.861. The largest absolute Gasteiger partial charge is 0.454 e. The molecular formula is C12H12BrClO4S. The predicted octanol–water partition coefficient (Wildman–Crippen LogP) is 2.89. The Morgan fingerprint density at radius 1 is 1.37 bits per heavy atom. The van der Waals surface area contributed by atoms with Crippen LogP contribution in [0.4, 0.5) is 0 Å². The molecule has 0 bridgehead atoms. The summed E-state index contributed by atoms with van der Waals surface area (Å²) < 4.78 is 34.5. The predicted molar refractivity (Wildman–Crippen MR) is 75.6 cm³/mol. The molecule has 7 heteroatoms. The van der Waals surface area contributed by atoms with Gasteiger partial charge in [-0.2, -0.15) is 0 Å². The van der Waals surface area contributed by atoms with E-state index in [2.05, 4.69) is 15.9 Å². The van der Waals surface area contributed by atoms with Crippen LogP contribution in [0, 0.1) is 5.92 Å². The van der Waals surface area contributed by atoms with Crippen molar-refractivity contribution in [2.45, 2.75) is 11.8 Å². The number of halogens is 2. The summed E-state index contributed by atoms with van der Waals surface area (Å²) >= 11 is 9.85. The first-order chi connectivity index (χ1) is 8.96. The molecule has 0 saturated carbocycles. The van der Waals surface area contributed by atoms with Gasteiger partial charge in [-0.15, -0.1) is 11.6 Å². The lowest BCUT2D eigenvalue weighted by Gasteiger charge is -2.17. The highest BCUT2D eigenvalue weighted by Crippen LogP contribution is 2.44. The van der Waals surface area contributed by atoms with Gasteiger partial charge in [0.1, 0.15) is 0 Å². The number of alkyl halides is 1. The van der Waals surface area contributed by atoms with E-state index in [0.717, 1.165) is 10.0 Å². The van der Waals surface area contributed by atoms with Gasteiger partial charge in [-0.05, 0) is 46.0 Å². The van der Waals surface area contributed by atoms with Gasteiger partial charge >= 0.3 is 0 Å². The van der Waals surface area contributed by atoms with E-state index in [-0.39, 0.29) is 29.6 Å². The van der Waals surface area contributed by atoms with Crippen LogP contribution in [0.2, 0.25) is 0 Å². The van der Waals surface area contributed by atoms with Crippen LogP contribution in [0.25, 0.3) is 0 Å². The molecule has 1 aromatic rings. The minimum Gasteiger partial charge on any atom is -0.454 e. The van der Waals surface area contributed by atoms with Crippen LogP contribution in [-0.2, 0) is 9.84 Å². The molecule has 0 spiro atoms. The van der Waals surface area contributed by atoms with Crippen molar-refractivity contribution in [1.29, 1.82) is 0 Å². The number of hydrogen-bond donors (Lipinski definition) is 0. The molecule has 1 aromatic carbocycles. The number of fused-ring (bicyclic) bond motifs is 1. The monoisotopic (exact) mass is 366 g/mol. The molecular weight excluding hydrogens is 356 g/mol. The molecule has 1 fully saturated rings. The molecule has 1 saturated heterocycles. The first-order valence-corrected chi connectivity index (χ1v) is 8.95. The standard InChI is InChI=1S/C12H12BrClO4S/c13-9-3-8(4-10-12(9)18-6-17-10)11(14)7-1-2-19(15,16)5-7/h3-4,7,11H,1-2,5-6H2. The summed E-state index contributed by atoms with van der Waals surface area (Å²) in [5, 5.41) is -0.330. The highest BCUT2D eigenvalue weighted by molar-refractivity contribution is 9.10. The molecule has 104 valence electrons. The second-order valence-corrected chi connectivity index (χ2v) is 8.35. The Hall–Kier alpha value is -0.460. The Bertz CT molecular complexity index is 616. The molecule has 2 heterocycles. The Morgan fingerprint density at radius 2 is 2.16 bits per heavy atom. The van der Waals surface area contributed by atoms with E-state index in [1.807, 2.05) is 12.1 Å². The highest BCUT2D eigenvalue weighted by Gasteiger charge is 2.34. The van der Waals surface area contributed by atoms with E-state index < -0.39 is 9.84 Å². The molecule has 2 unspecified atom stereocenters. The minimum absolute atomic E-state index is 0.0426. The Kier molecular flexibility index (Phi) is 3.43. The van der Waals surface area contributed by atoms with E-state index in [1.165, 1.54) is 0 Å². The molecule has 4 nitrogen and oxygen atoms in total. The van der Waals surface area contributed by atoms with Gasteiger partial charge in [0.15, 0.2) is 21.3 Å². The molecule has 0 N–H and O–H groups in total. The van der Waals surface area contributed by atoms with Gasteiger partial charge < -0.3 is 9.47 Å². The summed E-state index contributed by atoms with van der Waals surface area (Å²) in [7, 11) is -2.92. The first kappa shape index (κ1) is 13.5. The molecule has 0 aromatic heterocycles. The number of sulfone groups is 1. The average molecular weight is 368 g/mol. The van der Waals surface area contributed by atoms with Gasteiger partial charge in [0.25, 0.3) is 0 Å². The normalized spacial score (nSPS) is 25.5. The van der Waals surface area contributed by atoms with Crippen molar-refractivity contribution in [2.24, 2.45) is 5.92 Å². The molecule has 2 aliphatic rings. The number of ether oxygens (including phenoxy) is 2. The van der Waals surface area contributed by atoms with Crippen LogP contribution in [0.5, 0.6) is 11.5 Å². The maximum Gasteiger partial charge on any atom is 0.231 e. The quantitative estimate of drug-likeness (QED) is 0.754. The topological polar surface area (TPSA) is 52.6 Å². The fourth-order valence-corrected chi connectivity index (χ4v) is 5.33. The molecule has 2 aliphatic heterocycles. The van der Waals surface area contributed by atoms with Gasteiger partial charge in [-0.1, -0.05) is 0 Å². The number of rotatable bonds is 2. The van der Waals surface area contributed by atoms with E-state index in [9.17, 15) is 8.42 Å². The van der Waals surface area contributed by atoms with Crippen molar-refractivity contribution in [2.75, 3.05) is 18.3 Å². The summed E-state index contributed by atoms with van der Waals surface area (Å²) in [4.78, 5) is 0. The zero-order valence-electron chi connectivity index (χ0n) is 9.93. The van der Waals surface area contributed by atoms with Crippen LogP contribution in [0.15, 0.2) is 16.6 Å². The smallest absolute Gasteiger partial charge is 0.231 e. The Balaban J connectivity index is 1.89. The summed E-state index contributed by atoms with van der Waals surface area (Å²) in [6.45, 7) is 0.197. The Morgan fingerprint density at radius 3 is 2.84 bits per heavy atom. The van der Waals surface area contributed by atoms with Gasteiger partial charge in [0, 0.05) is 0 Å². The third-order valence-electron chi connectivity index (χ3n) is 3.45. The first-order valence-electron chi connectivity index (χ1n) is 5.90. The second kappa shape index (κ2) is 4.82. The van der Waals surface area contributed by atoms with Crippen LogP contribution in [-0.4, -0.2) is 26.7 Å². The van der Waals surface area contributed by atoms with E-state index >= 15 is 0 Å². The van der Waals surface area contributed by atoms with Crippen LogP contribution in [0.3, 0.4) is 0 Å². The molecule has 2 atom stereocenters. The van der Waals surface area contributed by atoms with Crippen LogP contribution < -0.4 is 9.47 Å². The van der Waals surface area contributed by atoms with Crippen molar-refractivity contribution < 1.29 is 17.9 Å². The average Bonchev–Trinajstić information content (AvgIpc) is 2.94. The fourth-order valence-electron chi connectivity index (χ4n) is 2.47. The minimum atomic E-state index is -2.92. The third-order valence-corrected chi connectivity index (χ3v) is 6.44. The van der Waals surface area contributed by atoms with Crippen LogP contribution in [0.1, 0.15) is 17.4 Å². The van der Waals surface area contributed by atoms with Gasteiger partial charge in [-0.3, -0.25) is 0 Å². The third kappa shape index (κ3) is 2.58. The van der Waals surface area contributed by atoms with Gasteiger partial charge in [-0.25, -0.2) is 8.42 Å². The lowest BCUT2D eigenvalue weighted by atomic mass is 9.98. The van der Waals surface area contributed by atoms with Crippen molar-refractivity contribution in [3.63, 3.8) is 0 Å². The second-order valence-electron chi connectivity index (χ2n) is 4.80. The molecule has 0 amide bonds.